The second-order valence-corrected chi connectivity index (χ2v) is 7.54. The molecule has 0 nitrogen and oxygen atoms in total. The van der Waals surface area contributed by atoms with E-state index in [1.807, 2.05) is 0 Å². The molecular weight excluding hydrogens is 288 g/mol. The Bertz CT molecular complexity index is 274. The first-order valence-corrected chi connectivity index (χ1v) is 11.1. The van der Waals surface area contributed by atoms with Gasteiger partial charge >= 0.3 is 0 Å². The van der Waals surface area contributed by atoms with Crippen molar-refractivity contribution >= 4 is 0 Å². The van der Waals surface area contributed by atoms with Gasteiger partial charge in [0.25, 0.3) is 0 Å². The maximum absolute atomic E-state index is 4.26. The number of hydrogen-bond donors (Lipinski definition) is 0. The summed E-state index contributed by atoms with van der Waals surface area (Å²) in [4.78, 5) is 0. The molecule has 0 bridgehead atoms. The van der Waals surface area contributed by atoms with Crippen LogP contribution in [0.2, 0.25) is 0 Å². The van der Waals surface area contributed by atoms with E-state index in [-0.39, 0.29) is 0 Å². The van der Waals surface area contributed by atoms with Gasteiger partial charge in [0.05, 0.1) is 0 Å². The van der Waals surface area contributed by atoms with Crippen LogP contribution in [0, 0.1) is 0 Å². The fourth-order valence-corrected chi connectivity index (χ4v) is 3.21. The van der Waals surface area contributed by atoms with Gasteiger partial charge in [0.2, 0.25) is 0 Å². The van der Waals surface area contributed by atoms with E-state index in [1.165, 1.54) is 121 Å². The molecule has 0 fully saturated rings. The van der Waals surface area contributed by atoms with Gasteiger partial charge in [-0.05, 0) is 44.9 Å². The van der Waals surface area contributed by atoms with Gasteiger partial charge < -0.3 is 0 Å². The van der Waals surface area contributed by atoms with E-state index in [0.29, 0.717) is 0 Å². The zero-order valence-electron chi connectivity index (χ0n) is 17.1. The van der Waals surface area contributed by atoms with Crippen LogP contribution < -0.4 is 0 Å². The molecule has 0 saturated heterocycles. The topological polar surface area (TPSA) is 0 Å². The minimum absolute atomic E-state index is 1.23. The highest BCUT2D eigenvalue weighted by Gasteiger charge is 1.96. The van der Waals surface area contributed by atoms with Gasteiger partial charge in [-0.2, -0.15) is 0 Å². The summed E-state index contributed by atoms with van der Waals surface area (Å²) in [6.07, 6.45) is 29.4. The molecule has 0 spiro atoms. The summed E-state index contributed by atoms with van der Waals surface area (Å²) in [6.45, 7) is 8.83. The van der Waals surface area contributed by atoms with Crippen LogP contribution in [0.5, 0.6) is 0 Å². The molecule has 142 valence electrons. The van der Waals surface area contributed by atoms with Crippen molar-refractivity contribution in [1.29, 1.82) is 0 Å². The van der Waals surface area contributed by atoms with Crippen LogP contribution in [0.15, 0.2) is 24.3 Å². The lowest BCUT2D eigenvalue weighted by atomic mass is 10.0. The van der Waals surface area contributed by atoms with Crippen LogP contribution >= 0.6 is 0 Å². The van der Waals surface area contributed by atoms with E-state index in [9.17, 15) is 0 Å². The molecule has 0 amide bonds. The van der Waals surface area contributed by atoms with Crippen molar-refractivity contribution in [2.75, 3.05) is 0 Å². The van der Waals surface area contributed by atoms with Gasteiger partial charge in [-0.15, -0.1) is 0 Å². The predicted octanol–water partition coefficient (Wildman–Crippen LogP) is 9.16. The van der Waals surface area contributed by atoms with Crippen molar-refractivity contribution in [2.45, 2.75) is 129 Å². The van der Waals surface area contributed by atoms with Crippen LogP contribution in [-0.4, -0.2) is 0 Å². The quantitative estimate of drug-likeness (QED) is 0.163. The summed E-state index contributed by atoms with van der Waals surface area (Å²) in [5.74, 6) is 0. The van der Waals surface area contributed by atoms with Crippen molar-refractivity contribution in [1.82, 2.24) is 0 Å². The van der Waals surface area contributed by atoms with Crippen LogP contribution in [0.25, 0.3) is 0 Å². The van der Waals surface area contributed by atoms with Crippen LogP contribution in [-0.2, 0) is 0 Å². The van der Waals surface area contributed by atoms with Crippen LogP contribution in [0.4, 0.5) is 0 Å². The number of unbranched alkanes of at least 4 members (excludes halogenated alkanes) is 13. The maximum Gasteiger partial charge on any atom is -0.0320 e. The van der Waals surface area contributed by atoms with Crippen molar-refractivity contribution in [2.24, 2.45) is 0 Å². The third-order valence-electron chi connectivity index (χ3n) is 4.93. The lowest BCUT2D eigenvalue weighted by Crippen LogP contribution is -1.85. The van der Waals surface area contributed by atoms with E-state index >= 15 is 0 Å². The Labute approximate surface area is 154 Å². The van der Waals surface area contributed by atoms with Crippen molar-refractivity contribution in [3.05, 3.63) is 24.3 Å². The van der Waals surface area contributed by atoms with Crippen LogP contribution in [0.1, 0.15) is 129 Å². The highest BCUT2D eigenvalue weighted by atomic mass is 14.0. The van der Waals surface area contributed by atoms with Crippen molar-refractivity contribution < 1.29 is 0 Å². The number of hydrogen-bond acceptors (Lipinski definition) is 0. The molecule has 0 heteroatoms. The standard InChI is InChI=1S/C24H46/c1-4-6-8-10-12-13-14-15-17-19-21-23-24(3)22-20-18-16-11-9-7-5-2/h15,17H,3-14,16,18-23H2,1-2H3/b17-15-. The average Bonchev–Trinajstić information content (AvgIpc) is 2.59. The molecule has 24 heavy (non-hydrogen) atoms. The molecule has 0 aliphatic heterocycles. The van der Waals surface area contributed by atoms with E-state index in [0.717, 1.165) is 0 Å². The summed E-state index contributed by atoms with van der Waals surface area (Å²) in [5.41, 5.74) is 1.48. The Balaban J connectivity index is 3.23. The minimum Gasteiger partial charge on any atom is -0.0999 e. The third kappa shape index (κ3) is 19.5. The Morgan fingerprint density at radius 2 is 0.958 bits per heavy atom. The van der Waals surface area contributed by atoms with E-state index in [1.54, 1.807) is 0 Å². The second kappa shape index (κ2) is 20.5. The van der Waals surface area contributed by atoms with E-state index in [4.69, 9.17) is 0 Å². The Morgan fingerprint density at radius 3 is 1.54 bits per heavy atom. The summed E-state index contributed by atoms with van der Waals surface area (Å²) in [5, 5.41) is 0. The molecule has 0 radical (unpaired) electrons. The molecule has 0 unspecified atom stereocenters. The monoisotopic (exact) mass is 334 g/mol. The van der Waals surface area contributed by atoms with Gasteiger partial charge in [0.1, 0.15) is 0 Å². The largest absolute Gasteiger partial charge is 0.0999 e. The Kier molecular flexibility index (Phi) is 20.1. The zero-order chi connectivity index (χ0) is 17.7. The Hall–Kier alpha value is -0.520. The van der Waals surface area contributed by atoms with Crippen molar-refractivity contribution in [3.8, 4) is 0 Å². The SMILES string of the molecule is C=C(CCC/C=C\CCCCCCCC)CCCCCCCCC. The van der Waals surface area contributed by atoms with Gasteiger partial charge in [-0.1, -0.05) is 109 Å². The molecule has 0 aliphatic rings. The van der Waals surface area contributed by atoms with E-state index in [2.05, 4.69) is 32.6 Å². The first-order valence-electron chi connectivity index (χ1n) is 11.1. The van der Waals surface area contributed by atoms with E-state index < -0.39 is 0 Å². The van der Waals surface area contributed by atoms with Crippen molar-refractivity contribution in [3.63, 3.8) is 0 Å². The highest BCUT2D eigenvalue weighted by Crippen LogP contribution is 2.16. The molecule has 0 aromatic heterocycles. The predicted molar refractivity (Wildman–Crippen MR) is 113 cm³/mol. The zero-order valence-corrected chi connectivity index (χ0v) is 17.1. The summed E-state index contributed by atoms with van der Waals surface area (Å²) >= 11 is 0. The molecule has 0 N–H and O–H groups in total. The fourth-order valence-electron chi connectivity index (χ4n) is 3.21. The second-order valence-electron chi connectivity index (χ2n) is 7.54. The highest BCUT2D eigenvalue weighted by molar-refractivity contribution is 4.94. The smallest absolute Gasteiger partial charge is 0.0320 e. The molecule has 0 rings (SSSR count). The van der Waals surface area contributed by atoms with Gasteiger partial charge in [0.15, 0.2) is 0 Å². The number of allylic oxidation sites excluding steroid dienone is 3. The fraction of sp³-hybridized carbons (Fsp3) is 0.833. The van der Waals surface area contributed by atoms with Gasteiger partial charge in [0, 0.05) is 0 Å². The average molecular weight is 335 g/mol. The molecule has 0 saturated carbocycles. The summed E-state index contributed by atoms with van der Waals surface area (Å²) in [6, 6.07) is 0. The molecule has 0 atom stereocenters. The van der Waals surface area contributed by atoms with Gasteiger partial charge in [-0.25, -0.2) is 0 Å². The van der Waals surface area contributed by atoms with Crippen LogP contribution in [0.3, 0.4) is 0 Å². The molecule has 0 aromatic rings. The van der Waals surface area contributed by atoms with Gasteiger partial charge in [-0.3, -0.25) is 0 Å². The lowest BCUT2D eigenvalue weighted by molar-refractivity contribution is 0.584. The summed E-state index contributed by atoms with van der Waals surface area (Å²) in [7, 11) is 0. The minimum atomic E-state index is 1.23. The first kappa shape index (κ1) is 23.5. The lowest BCUT2D eigenvalue weighted by Gasteiger charge is -2.05. The summed E-state index contributed by atoms with van der Waals surface area (Å²) < 4.78 is 0. The normalized spacial score (nSPS) is 11.4. The third-order valence-corrected chi connectivity index (χ3v) is 4.93. The Morgan fingerprint density at radius 1 is 0.542 bits per heavy atom. The molecule has 0 aliphatic carbocycles. The number of rotatable bonds is 19. The molecular formula is C24H46. The maximum atomic E-state index is 4.26. The first-order chi connectivity index (χ1) is 11.8. The molecule has 0 aromatic carbocycles. The molecule has 0 heterocycles.